The van der Waals surface area contributed by atoms with Gasteiger partial charge in [-0.15, -0.1) is 0 Å². The highest BCUT2D eigenvalue weighted by Gasteiger charge is 1.95. The Labute approximate surface area is 74.6 Å². The van der Waals surface area contributed by atoms with Crippen LogP contribution in [-0.2, 0) is 0 Å². The molecular weight excluding hydrogens is 166 g/mol. The van der Waals surface area contributed by atoms with Gasteiger partial charge in [0.25, 0.3) is 5.56 Å². The van der Waals surface area contributed by atoms with E-state index in [1.54, 1.807) is 0 Å². The highest BCUT2D eigenvalue weighted by molar-refractivity contribution is 5.77. The molecule has 13 heavy (non-hydrogen) atoms. The lowest BCUT2D eigenvalue weighted by molar-refractivity contribution is 1.22. The first-order chi connectivity index (χ1) is 6.29. The molecule has 0 atom stereocenters. The van der Waals surface area contributed by atoms with E-state index in [2.05, 4.69) is 15.3 Å². The number of hydrogen-bond donors (Lipinski definition) is 2. The average molecular weight is 175 g/mol. The van der Waals surface area contributed by atoms with Crippen LogP contribution in [0.25, 0.3) is 11.0 Å². The van der Waals surface area contributed by atoms with E-state index >= 15 is 0 Å². The van der Waals surface area contributed by atoms with Crippen molar-refractivity contribution in [2.24, 2.45) is 0 Å². The molecule has 4 heteroatoms. The molecule has 0 aliphatic heterocycles. The lowest BCUT2D eigenvalue weighted by atomic mass is 10.2. The first-order valence-electron chi connectivity index (χ1n) is 3.96. The Hall–Kier alpha value is -1.84. The zero-order valence-corrected chi connectivity index (χ0v) is 7.16. The van der Waals surface area contributed by atoms with Crippen LogP contribution < -0.4 is 10.9 Å². The SMILES string of the molecule is CNc1ccc2ncc(=O)[nH]c2c1. The number of aromatic nitrogens is 2. The third kappa shape index (κ3) is 1.38. The van der Waals surface area contributed by atoms with Gasteiger partial charge in [-0.3, -0.25) is 4.79 Å². The molecule has 0 saturated carbocycles. The topological polar surface area (TPSA) is 57.8 Å². The third-order valence-corrected chi connectivity index (χ3v) is 1.86. The number of benzene rings is 1. The van der Waals surface area contributed by atoms with Crippen molar-refractivity contribution in [3.05, 3.63) is 34.7 Å². The number of aromatic amines is 1. The fraction of sp³-hybridized carbons (Fsp3) is 0.111. The number of anilines is 1. The van der Waals surface area contributed by atoms with Gasteiger partial charge in [-0.2, -0.15) is 0 Å². The smallest absolute Gasteiger partial charge is 0.266 e. The number of H-pyrrole nitrogens is 1. The summed E-state index contributed by atoms with van der Waals surface area (Å²) in [6.45, 7) is 0. The standard InChI is InChI=1S/C9H9N3O/c1-10-6-2-3-7-8(4-6)12-9(13)5-11-7/h2-5,10H,1H3,(H,12,13). The van der Waals surface area contributed by atoms with E-state index in [1.807, 2.05) is 25.2 Å². The first-order valence-corrected chi connectivity index (χ1v) is 3.96. The molecular formula is C9H9N3O. The summed E-state index contributed by atoms with van der Waals surface area (Å²) in [5.74, 6) is 0. The molecule has 2 N–H and O–H groups in total. The van der Waals surface area contributed by atoms with Gasteiger partial charge in [0, 0.05) is 12.7 Å². The predicted octanol–water partition coefficient (Wildman–Crippen LogP) is 0.965. The van der Waals surface area contributed by atoms with E-state index < -0.39 is 0 Å². The second kappa shape index (κ2) is 2.90. The van der Waals surface area contributed by atoms with Crippen molar-refractivity contribution in [3.63, 3.8) is 0 Å². The quantitative estimate of drug-likeness (QED) is 0.678. The summed E-state index contributed by atoms with van der Waals surface area (Å²) in [5, 5.41) is 2.99. The van der Waals surface area contributed by atoms with E-state index in [0.29, 0.717) is 0 Å². The number of hydrogen-bond acceptors (Lipinski definition) is 3. The van der Waals surface area contributed by atoms with Gasteiger partial charge >= 0.3 is 0 Å². The molecule has 0 amide bonds. The van der Waals surface area contributed by atoms with E-state index in [1.165, 1.54) is 6.20 Å². The molecule has 0 unspecified atom stereocenters. The van der Waals surface area contributed by atoms with Gasteiger partial charge in [-0.25, -0.2) is 4.98 Å². The Morgan fingerprint density at radius 3 is 3.08 bits per heavy atom. The maximum absolute atomic E-state index is 10.9. The number of nitrogens with one attached hydrogen (secondary N) is 2. The molecule has 0 aliphatic carbocycles. The monoisotopic (exact) mass is 175 g/mol. The van der Waals surface area contributed by atoms with Crippen molar-refractivity contribution in [1.82, 2.24) is 9.97 Å². The molecule has 0 radical (unpaired) electrons. The molecule has 1 aromatic carbocycles. The van der Waals surface area contributed by atoms with Gasteiger partial charge in [0.2, 0.25) is 0 Å². The van der Waals surface area contributed by atoms with Crippen LogP contribution in [0, 0.1) is 0 Å². The van der Waals surface area contributed by atoms with Crippen LogP contribution in [-0.4, -0.2) is 17.0 Å². The fourth-order valence-electron chi connectivity index (χ4n) is 1.20. The Bertz CT molecular complexity index is 489. The highest BCUT2D eigenvalue weighted by atomic mass is 16.1. The minimum atomic E-state index is -0.180. The Morgan fingerprint density at radius 2 is 2.31 bits per heavy atom. The molecule has 66 valence electrons. The lowest BCUT2D eigenvalue weighted by Gasteiger charge is -2.00. The predicted molar refractivity (Wildman–Crippen MR) is 51.9 cm³/mol. The van der Waals surface area contributed by atoms with Gasteiger partial charge in [-0.1, -0.05) is 0 Å². The minimum absolute atomic E-state index is 0.180. The zero-order valence-electron chi connectivity index (χ0n) is 7.16. The van der Waals surface area contributed by atoms with Crippen LogP contribution in [0.4, 0.5) is 5.69 Å². The van der Waals surface area contributed by atoms with Crippen LogP contribution in [0.15, 0.2) is 29.2 Å². The van der Waals surface area contributed by atoms with Crippen molar-refractivity contribution in [1.29, 1.82) is 0 Å². The largest absolute Gasteiger partial charge is 0.388 e. The molecule has 4 nitrogen and oxygen atoms in total. The summed E-state index contributed by atoms with van der Waals surface area (Å²) >= 11 is 0. The number of nitrogens with zero attached hydrogens (tertiary/aromatic N) is 1. The van der Waals surface area contributed by atoms with Gasteiger partial charge in [0.05, 0.1) is 17.2 Å². The molecule has 0 bridgehead atoms. The van der Waals surface area contributed by atoms with Crippen molar-refractivity contribution in [2.45, 2.75) is 0 Å². The van der Waals surface area contributed by atoms with Crippen LogP contribution in [0.5, 0.6) is 0 Å². The Balaban J connectivity index is 2.75. The fourth-order valence-corrected chi connectivity index (χ4v) is 1.20. The van der Waals surface area contributed by atoms with Crippen LogP contribution >= 0.6 is 0 Å². The molecule has 1 aromatic heterocycles. The summed E-state index contributed by atoms with van der Waals surface area (Å²) in [7, 11) is 1.83. The van der Waals surface area contributed by atoms with E-state index in [-0.39, 0.29) is 5.56 Å². The molecule has 1 heterocycles. The van der Waals surface area contributed by atoms with Crippen LogP contribution in [0.2, 0.25) is 0 Å². The van der Waals surface area contributed by atoms with Crippen LogP contribution in [0.1, 0.15) is 0 Å². The second-order valence-electron chi connectivity index (χ2n) is 2.73. The summed E-state index contributed by atoms with van der Waals surface area (Å²) in [5.41, 5.74) is 2.31. The summed E-state index contributed by atoms with van der Waals surface area (Å²) in [6.07, 6.45) is 1.28. The van der Waals surface area contributed by atoms with Gasteiger partial charge in [0.15, 0.2) is 0 Å². The average Bonchev–Trinajstić information content (AvgIpc) is 2.16. The van der Waals surface area contributed by atoms with E-state index in [9.17, 15) is 4.79 Å². The lowest BCUT2D eigenvalue weighted by Crippen LogP contribution is -2.04. The molecule has 0 spiro atoms. The van der Waals surface area contributed by atoms with E-state index in [4.69, 9.17) is 0 Å². The normalized spacial score (nSPS) is 10.2. The first kappa shape index (κ1) is 7.79. The summed E-state index contributed by atoms with van der Waals surface area (Å²) in [6, 6.07) is 5.62. The van der Waals surface area contributed by atoms with Crippen molar-refractivity contribution in [3.8, 4) is 0 Å². The Kier molecular flexibility index (Phi) is 1.73. The van der Waals surface area contributed by atoms with Crippen molar-refractivity contribution in [2.75, 3.05) is 12.4 Å². The molecule has 0 saturated heterocycles. The Morgan fingerprint density at radius 1 is 1.46 bits per heavy atom. The third-order valence-electron chi connectivity index (χ3n) is 1.86. The highest BCUT2D eigenvalue weighted by Crippen LogP contribution is 2.12. The van der Waals surface area contributed by atoms with Gasteiger partial charge < -0.3 is 10.3 Å². The summed E-state index contributed by atoms with van der Waals surface area (Å²) in [4.78, 5) is 17.6. The molecule has 2 aromatic rings. The molecule has 0 fully saturated rings. The maximum atomic E-state index is 10.9. The summed E-state index contributed by atoms with van der Waals surface area (Å²) < 4.78 is 0. The van der Waals surface area contributed by atoms with Crippen molar-refractivity contribution < 1.29 is 0 Å². The second-order valence-corrected chi connectivity index (χ2v) is 2.73. The van der Waals surface area contributed by atoms with Crippen LogP contribution in [0.3, 0.4) is 0 Å². The van der Waals surface area contributed by atoms with Gasteiger partial charge in [0.1, 0.15) is 0 Å². The minimum Gasteiger partial charge on any atom is -0.388 e. The van der Waals surface area contributed by atoms with Crippen molar-refractivity contribution >= 4 is 16.7 Å². The molecule has 0 aliphatic rings. The number of fused-ring (bicyclic) bond motifs is 1. The molecule has 2 rings (SSSR count). The van der Waals surface area contributed by atoms with Gasteiger partial charge in [-0.05, 0) is 18.2 Å². The zero-order chi connectivity index (χ0) is 9.26. The van der Waals surface area contributed by atoms with E-state index in [0.717, 1.165) is 16.7 Å². The maximum Gasteiger partial charge on any atom is 0.266 e. The number of rotatable bonds is 1.